The Morgan fingerprint density at radius 3 is 2.00 bits per heavy atom. The Morgan fingerprint density at radius 2 is 1.53 bits per heavy atom. The Hall–Kier alpha value is -2.38. The molecule has 2 rings (SSSR count). The number of carbonyl (C=O) groups is 1. The molecular weight excluding hydrogens is 476 g/mol. The monoisotopic (exact) mass is 518 g/mol. The van der Waals surface area contributed by atoms with Crippen LogP contribution in [0.3, 0.4) is 0 Å². The molecule has 0 spiro atoms. The highest BCUT2D eigenvalue weighted by molar-refractivity contribution is 7.91. The highest BCUT2D eigenvalue weighted by Gasteiger charge is 2.33. The van der Waals surface area contributed by atoms with Gasteiger partial charge in [0, 0.05) is 11.8 Å². The van der Waals surface area contributed by atoms with E-state index in [2.05, 4.69) is 32.0 Å². The molecule has 0 bridgehead atoms. The predicted molar refractivity (Wildman–Crippen MR) is 144 cm³/mol. The normalized spacial score (nSPS) is 13.4. The number of aryl methyl sites for hydroxylation is 2. The Balaban J connectivity index is 2.33. The van der Waals surface area contributed by atoms with Crippen LogP contribution in [0.25, 0.3) is 0 Å². The molecule has 0 unspecified atom stereocenters. The van der Waals surface area contributed by atoms with Gasteiger partial charge in [-0.2, -0.15) is 0 Å². The second-order valence-electron chi connectivity index (χ2n) is 10.7. The molecule has 200 valence electrons. The summed E-state index contributed by atoms with van der Waals surface area (Å²) in [7, 11) is -3.28. The van der Waals surface area contributed by atoms with Gasteiger partial charge in [0.15, 0.2) is 9.84 Å². The van der Waals surface area contributed by atoms with Crippen LogP contribution in [0.15, 0.2) is 36.4 Å². The zero-order valence-corrected chi connectivity index (χ0v) is 23.5. The summed E-state index contributed by atoms with van der Waals surface area (Å²) < 4.78 is 30.5. The standard InChI is InChI=1S/C29H42O6S/c1-8-29(9-2,23-11-10-22(20(3)16-23)19-36(33,34)28(5,6)7)24-12-14-26(21(4)17-24)35-18-25(30)13-15-27(31)32/h10-12,14,16-17,25,30H,8-9,13,15,18-19H2,1-7H3,(H,31,32)/t25-/m0/s1. The fraction of sp³-hybridized carbons (Fsp3) is 0.552. The first-order chi connectivity index (χ1) is 16.7. The number of carboxylic acid groups (broad SMARTS) is 1. The number of aliphatic hydroxyl groups excluding tert-OH is 1. The molecule has 0 saturated heterocycles. The lowest BCUT2D eigenvalue weighted by Crippen LogP contribution is -2.30. The van der Waals surface area contributed by atoms with Crippen molar-refractivity contribution in [2.75, 3.05) is 6.61 Å². The zero-order valence-electron chi connectivity index (χ0n) is 22.7. The summed E-state index contributed by atoms with van der Waals surface area (Å²) >= 11 is 0. The van der Waals surface area contributed by atoms with Gasteiger partial charge in [-0.3, -0.25) is 4.79 Å². The van der Waals surface area contributed by atoms with Gasteiger partial charge in [0.25, 0.3) is 0 Å². The van der Waals surface area contributed by atoms with Gasteiger partial charge < -0.3 is 14.9 Å². The lowest BCUT2D eigenvalue weighted by Gasteiger charge is -2.34. The maximum Gasteiger partial charge on any atom is 0.303 e. The number of hydrogen-bond donors (Lipinski definition) is 2. The average Bonchev–Trinajstić information content (AvgIpc) is 2.79. The smallest absolute Gasteiger partial charge is 0.303 e. The molecule has 0 heterocycles. The highest BCUT2D eigenvalue weighted by Crippen LogP contribution is 2.41. The van der Waals surface area contributed by atoms with Crippen LogP contribution in [-0.4, -0.2) is 42.1 Å². The quantitative estimate of drug-likeness (QED) is 0.372. The van der Waals surface area contributed by atoms with E-state index in [0.29, 0.717) is 5.75 Å². The average molecular weight is 519 g/mol. The van der Waals surface area contributed by atoms with E-state index in [-0.39, 0.29) is 30.6 Å². The minimum absolute atomic E-state index is 0.0251. The van der Waals surface area contributed by atoms with Crippen molar-refractivity contribution in [1.82, 2.24) is 0 Å². The van der Waals surface area contributed by atoms with E-state index in [4.69, 9.17) is 9.84 Å². The second kappa shape index (κ2) is 11.8. The SMILES string of the molecule is CCC(CC)(c1ccc(CS(=O)(=O)C(C)(C)C)c(C)c1)c1ccc(OC[C@@H](O)CCC(=O)O)c(C)c1. The first-order valence-corrected chi connectivity index (χ1v) is 14.3. The molecular formula is C29H42O6S. The van der Waals surface area contributed by atoms with Gasteiger partial charge in [-0.05, 0) is 87.8 Å². The molecule has 0 radical (unpaired) electrons. The van der Waals surface area contributed by atoms with E-state index in [0.717, 1.165) is 40.7 Å². The minimum atomic E-state index is -3.28. The summed E-state index contributed by atoms with van der Waals surface area (Å²) in [5.74, 6) is -0.255. The largest absolute Gasteiger partial charge is 0.491 e. The summed E-state index contributed by atoms with van der Waals surface area (Å²) in [5, 5.41) is 18.8. The Bertz CT molecular complexity index is 1160. The van der Waals surface area contributed by atoms with Crippen molar-refractivity contribution in [3.8, 4) is 5.75 Å². The predicted octanol–water partition coefficient (Wildman–Crippen LogP) is 5.73. The fourth-order valence-electron chi connectivity index (χ4n) is 4.48. The van der Waals surface area contributed by atoms with Crippen LogP contribution in [0.4, 0.5) is 0 Å². The van der Waals surface area contributed by atoms with Crippen LogP contribution in [0.1, 0.15) is 88.1 Å². The van der Waals surface area contributed by atoms with Crippen LogP contribution in [0.5, 0.6) is 5.75 Å². The van der Waals surface area contributed by atoms with Crippen LogP contribution in [-0.2, 0) is 25.8 Å². The summed E-state index contributed by atoms with van der Waals surface area (Å²) in [6.07, 6.45) is 0.951. The van der Waals surface area contributed by atoms with Gasteiger partial charge in [-0.1, -0.05) is 44.2 Å². The Kier molecular flexibility index (Phi) is 9.77. The van der Waals surface area contributed by atoms with Crippen molar-refractivity contribution >= 4 is 15.8 Å². The van der Waals surface area contributed by atoms with E-state index in [1.807, 2.05) is 32.0 Å². The Morgan fingerprint density at radius 1 is 0.972 bits per heavy atom. The third-order valence-corrected chi connectivity index (χ3v) is 9.79. The van der Waals surface area contributed by atoms with Crippen molar-refractivity contribution in [3.05, 3.63) is 64.2 Å². The molecule has 2 N–H and O–H groups in total. The first-order valence-electron chi connectivity index (χ1n) is 12.6. The number of ether oxygens (including phenoxy) is 1. The molecule has 7 heteroatoms. The third kappa shape index (κ3) is 6.88. The van der Waals surface area contributed by atoms with Crippen LogP contribution < -0.4 is 4.74 Å². The van der Waals surface area contributed by atoms with E-state index in [1.165, 1.54) is 0 Å². The summed E-state index contributed by atoms with van der Waals surface area (Å²) in [4.78, 5) is 10.7. The lowest BCUT2D eigenvalue weighted by atomic mass is 9.70. The number of benzene rings is 2. The molecule has 0 fully saturated rings. The number of sulfone groups is 1. The van der Waals surface area contributed by atoms with Crippen molar-refractivity contribution in [2.24, 2.45) is 0 Å². The third-order valence-electron chi connectivity index (χ3n) is 7.23. The second-order valence-corrected chi connectivity index (χ2v) is 13.4. The van der Waals surface area contributed by atoms with Gasteiger partial charge in [-0.15, -0.1) is 0 Å². The number of rotatable bonds is 12. The van der Waals surface area contributed by atoms with Crippen molar-refractivity contribution < 1.29 is 28.2 Å². The van der Waals surface area contributed by atoms with Crippen LogP contribution >= 0.6 is 0 Å². The van der Waals surface area contributed by atoms with Gasteiger partial charge >= 0.3 is 5.97 Å². The van der Waals surface area contributed by atoms with Crippen molar-refractivity contribution in [3.63, 3.8) is 0 Å². The topological polar surface area (TPSA) is 101 Å². The van der Waals surface area contributed by atoms with Crippen LogP contribution in [0, 0.1) is 13.8 Å². The number of aliphatic carboxylic acids is 1. The molecule has 0 amide bonds. The summed E-state index contributed by atoms with van der Waals surface area (Å²) in [6.45, 7) is 13.5. The molecule has 0 aliphatic heterocycles. The molecule has 1 atom stereocenters. The van der Waals surface area contributed by atoms with E-state index in [9.17, 15) is 18.3 Å². The summed E-state index contributed by atoms with van der Waals surface area (Å²) in [5.41, 5.74) is 4.80. The number of hydrogen-bond acceptors (Lipinski definition) is 5. The lowest BCUT2D eigenvalue weighted by molar-refractivity contribution is -0.137. The van der Waals surface area contributed by atoms with Gasteiger partial charge in [0.2, 0.25) is 0 Å². The molecule has 6 nitrogen and oxygen atoms in total. The van der Waals surface area contributed by atoms with E-state index < -0.39 is 26.7 Å². The van der Waals surface area contributed by atoms with Crippen LogP contribution in [0.2, 0.25) is 0 Å². The van der Waals surface area contributed by atoms with Gasteiger partial charge in [0.05, 0.1) is 16.6 Å². The summed E-state index contributed by atoms with van der Waals surface area (Å²) in [6, 6.07) is 12.2. The molecule has 2 aromatic rings. The first kappa shape index (κ1) is 29.8. The van der Waals surface area contributed by atoms with Crippen molar-refractivity contribution in [1.29, 1.82) is 0 Å². The molecule has 0 aliphatic rings. The minimum Gasteiger partial charge on any atom is -0.491 e. The molecule has 36 heavy (non-hydrogen) atoms. The maximum atomic E-state index is 12.8. The highest BCUT2D eigenvalue weighted by atomic mass is 32.2. The molecule has 0 aromatic heterocycles. The van der Waals surface area contributed by atoms with E-state index in [1.54, 1.807) is 20.8 Å². The Labute approximate surface area is 216 Å². The molecule has 2 aromatic carbocycles. The van der Waals surface area contributed by atoms with Crippen molar-refractivity contribution in [2.45, 2.75) is 96.2 Å². The maximum absolute atomic E-state index is 12.8. The number of aliphatic hydroxyl groups is 1. The van der Waals surface area contributed by atoms with Gasteiger partial charge in [-0.25, -0.2) is 8.42 Å². The molecule has 0 saturated carbocycles. The molecule has 0 aliphatic carbocycles. The number of carboxylic acids is 1. The fourth-order valence-corrected chi connectivity index (χ4v) is 5.64. The van der Waals surface area contributed by atoms with E-state index >= 15 is 0 Å². The van der Waals surface area contributed by atoms with Gasteiger partial charge in [0.1, 0.15) is 12.4 Å². The zero-order chi connectivity index (χ0) is 27.3.